The third-order valence-corrected chi connectivity index (χ3v) is 5.72. The fourth-order valence-electron chi connectivity index (χ4n) is 2.80. The van der Waals surface area contributed by atoms with Crippen LogP contribution in [0.2, 0.25) is 0 Å². The van der Waals surface area contributed by atoms with Gasteiger partial charge < -0.3 is 5.32 Å². The summed E-state index contributed by atoms with van der Waals surface area (Å²) in [5, 5.41) is 14.7. The Bertz CT molecular complexity index is 880. The Morgan fingerprint density at radius 2 is 1.84 bits per heavy atom. The van der Waals surface area contributed by atoms with Gasteiger partial charge in [-0.25, -0.2) is 13.1 Å². The summed E-state index contributed by atoms with van der Waals surface area (Å²) in [6.07, 6.45) is 2.12. The first-order valence-corrected chi connectivity index (χ1v) is 9.44. The highest BCUT2D eigenvalue weighted by molar-refractivity contribution is 7.89. The number of hydrogen-bond acceptors (Lipinski definition) is 5. The highest BCUT2D eigenvalue weighted by atomic mass is 32.2. The maximum Gasteiger partial charge on any atom is 0.293 e. The molecule has 0 aromatic heterocycles. The van der Waals surface area contributed by atoms with Crippen LogP contribution in [-0.4, -0.2) is 20.4 Å². The molecule has 2 N–H and O–H groups in total. The van der Waals surface area contributed by atoms with Gasteiger partial charge in [-0.05, 0) is 43.5 Å². The molecule has 0 heterocycles. The molecular weight excluding hydrogens is 342 g/mol. The van der Waals surface area contributed by atoms with Crippen molar-refractivity contribution in [3.05, 3.63) is 64.2 Å². The number of nitrogens with zero attached hydrogens (tertiary/aromatic N) is 1. The first-order valence-electron chi connectivity index (χ1n) is 7.96. The minimum atomic E-state index is -3.74. The van der Waals surface area contributed by atoms with Gasteiger partial charge in [0.25, 0.3) is 5.69 Å². The number of anilines is 1. The van der Waals surface area contributed by atoms with Crippen molar-refractivity contribution in [1.29, 1.82) is 0 Å². The molecule has 7 nitrogen and oxygen atoms in total. The summed E-state index contributed by atoms with van der Waals surface area (Å²) in [4.78, 5) is 10.7. The lowest BCUT2D eigenvalue weighted by Crippen LogP contribution is -2.19. The number of nitro benzene ring substituents is 1. The van der Waals surface area contributed by atoms with Crippen LogP contribution in [0.5, 0.6) is 0 Å². The van der Waals surface area contributed by atoms with Crippen molar-refractivity contribution in [3.63, 3.8) is 0 Å². The van der Waals surface area contributed by atoms with Crippen LogP contribution < -0.4 is 10.0 Å². The first-order chi connectivity index (χ1) is 11.9. The average molecular weight is 361 g/mol. The van der Waals surface area contributed by atoms with Crippen LogP contribution in [0.3, 0.4) is 0 Å². The molecule has 2 aromatic carbocycles. The average Bonchev–Trinajstić information content (AvgIpc) is 3.45. The van der Waals surface area contributed by atoms with E-state index in [4.69, 9.17) is 0 Å². The largest absolute Gasteiger partial charge is 0.372 e. The van der Waals surface area contributed by atoms with Crippen LogP contribution in [0.25, 0.3) is 0 Å². The zero-order valence-electron chi connectivity index (χ0n) is 13.7. The van der Waals surface area contributed by atoms with Crippen molar-refractivity contribution in [1.82, 2.24) is 4.72 Å². The number of nitrogens with one attached hydrogen (secondary N) is 2. The fourth-order valence-corrected chi connectivity index (χ4v) is 3.55. The minimum Gasteiger partial charge on any atom is -0.372 e. The van der Waals surface area contributed by atoms with Gasteiger partial charge in [0.05, 0.1) is 15.9 Å². The summed E-state index contributed by atoms with van der Waals surface area (Å²) >= 11 is 0. The van der Waals surface area contributed by atoms with Crippen molar-refractivity contribution >= 4 is 21.4 Å². The predicted octanol–water partition coefficient (Wildman–Crippen LogP) is 3.07. The van der Waals surface area contributed by atoms with Crippen LogP contribution in [0.1, 0.15) is 24.4 Å². The van der Waals surface area contributed by atoms with Crippen LogP contribution in [0.15, 0.2) is 53.4 Å². The van der Waals surface area contributed by atoms with Crippen LogP contribution >= 0.6 is 0 Å². The Morgan fingerprint density at radius 1 is 1.16 bits per heavy atom. The van der Waals surface area contributed by atoms with Gasteiger partial charge in [-0.15, -0.1) is 0 Å². The smallest absolute Gasteiger partial charge is 0.293 e. The molecule has 1 fully saturated rings. The summed E-state index contributed by atoms with van der Waals surface area (Å²) < 4.78 is 26.0. The van der Waals surface area contributed by atoms with E-state index < -0.39 is 14.9 Å². The molecule has 0 aliphatic heterocycles. The molecule has 8 heteroatoms. The third kappa shape index (κ3) is 3.80. The summed E-state index contributed by atoms with van der Waals surface area (Å²) in [7, 11) is -2.47. The van der Waals surface area contributed by atoms with E-state index in [0.29, 0.717) is 11.6 Å². The number of hydrogen-bond donors (Lipinski definition) is 2. The van der Waals surface area contributed by atoms with E-state index in [1.54, 1.807) is 0 Å². The lowest BCUT2D eigenvalue weighted by atomic mass is 10.0. The Kier molecular flexibility index (Phi) is 4.73. The molecule has 1 saturated carbocycles. The molecule has 3 rings (SSSR count). The summed E-state index contributed by atoms with van der Waals surface area (Å²) in [5.41, 5.74) is 1.13. The van der Waals surface area contributed by atoms with Gasteiger partial charge in [0.1, 0.15) is 5.69 Å². The second-order valence-electron chi connectivity index (χ2n) is 6.01. The van der Waals surface area contributed by atoms with Gasteiger partial charge in [0.2, 0.25) is 10.0 Å². The van der Waals surface area contributed by atoms with E-state index in [0.717, 1.165) is 24.5 Å². The van der Waals surface area contributed by atoms with Crippen molar-refractivity contribution in [2.45, 2.75) is 23.8 Å². The van der Waals surface area contributed by atoms with Gasteiger partial charge >= 0.3 is 0 Å². The minimum absolute atomic E-state index is 0.0355. The normalized spacial score (nSPS) is 15.6. The lowest BCUT2D eigenvalue weighted by molar-refractivity contribution is -0.384. The number of benzene rings is 2. The van der Waals surface area contributed by atoms with Crippen LogP contribution in [0.4, 0.5) is 11.4 Å². The Balaban J connectivity index is 1.97. The van der Waals surface area contributed by atoms with E-state index in [1.807, 2.05) is 30.3 Å². The second-order valence-corrected chi connectivity index (χ2v) is 7.90. The van der Waals surface area contributed by atoms with Crippen LogP contribution in [-0.2, 0) is 10.0 Å². The van der Waals surface area contributed by atoms with Gasteiger partial charge in [0.15, 0.2) is 0 Å². The molecule has 1 unspecified atom stereocenters. The number of nitro groups is 1. The molecule has 2 aromatic rings. The van der Waals surface area contributed by atoms with Crippen molar-refractivity contribution in [3.8, 4) is 0 Å². The molecule has 1 aliphatic rings. The maximum absolute atomic E-state index is 11.9. The van der Waals surface area contributed by atoms with Gasteiger partial charge in [-0.1, -0.05) is 30.3 Å². The molecule has 0 spiro atoms. The highest BCUT2D eigenvalue weighted by Gasteiger charge is 2.33. The predicted molar refractivity (Wildman–Crippen MR) is 94.9 cm³/mol. The van der Waals surface area contributed by atoms with Crippen molar-refractivity contribution < 1.29 is 13.3 Å². The van der Waals surface area contributed by atoms with E-state index >= 15 is 0 Å². The molecule has 25 heavy (non-hydrogen) atoms. The third-order valence-electron chi connectivity index (χ3n) is 4.31. The summed E-state index contributed by atoms with van der Waals surface area (Å²) in [5.74, 6) is 0.419. The molecule has 0 amide bonds. The molecule has 0 radical (unpaired) electrons. The van der Waals surface area contributed by atoms with Crippen molar-refractivity contribution in [2.75, 3.05) is 12.4 Å². The molecule has 1 aliphatic carbocycles. The molecule has 132 valence electrons. The van der Waals surface area contributed by atoms with Gasteiger partial charge in [-0.2, -0.15) is 0 Å². The van der Waals surface area contributed by atoms with Crippen molar-refractivity contribution in [2.24, 2.45) is 5.92 Å². The Morgan fingerprint density at radius 3 is 2.40 bits per heavy atom. The van der Waals surface area contributed by atoms with E-state index in [9.17, 15) is 18.5 Å². The Hall–Kier alpha value is -2.45. The highest BCUT2D eigenvalue weighted by Crippen LogP contribution is 2.44. The summed E-state index contributed by atoms with van der Waals surface area (Å²) in [6.45, 7) is 0. The molecule has 0 bridgehead atoms. The SMILES string of the molecule is CNS(=O)(=O)c1ccc(NC(c2ccccc2)C2CC2)c([N+](=O)[O-])c1. The Labute approximate surface area is 146 Å². The number of sulfonamides is 1. The molecular formula is C17H19N3O4S. The standard InChI is InChI=1S/C17H19N3O4S/c1-18-25(23,24)14-9-10-15(16(11-14)20(21)22)19-17(13-7-8-13)12-5-3-2-4-6-12/h2-6,9-11,13,17-19H,7-8H2,1H3. The monoisotopic (exact) mass is 361 g/mol. The quantitative estimate of drug-likeness (QED) is 0.583. The first kappa shape index (κ1) is 17.4. The molecule has 1 atom stereocenters. The maximum atomic E-state index is 11.9. The van der Waals surface area contributed by atoms with E-state index in [1.165, 1.54) is 19.2 Å². The topological polar surface area (TPSA) is 101 Å². The zero-order chi connectivity index (χ0) is 18.0. The van der Waals surface area contributed by atoms with Gasteiger partial charge in [0, 0.05) is 6.07 Å². The molecule has 0 saturated heterocycles. The van der Waals surface area contributed by atoms with E-state index in [2.05, 4.69) is 10.0 Å². The number of rotatable bonds is 7. The summed E-state index contributed by atoms with van der Waals surface area (Å²) in [6, 6.07) is 13.6. The zero-order valence-corrected chi connectivity index (χ0v) is 14.5. The lowest BCUT2D eigenvalue weighted by Gasteiger charge is -2.20. The van der Waals surface area contributed by atoms with E-state index in [-0.39, 0.29) is 16.6 Å². The fraction of sp³-hybridized carbons (Fsp3) is 0.294. The van der Waals surface area contributed by atoms with Gasteiger partial charge in [-0.3, -0.25) is 10.1 Å². The van der Waals surface area contributed by atoms with Crippen LogP contribution in [0, 0.1) is 16.0 Å². The second kappa shape index (κ2) is 6.81.